The number of rotatable bonds is 18. The van der Waals surface area contributed by atoms with Crippen LogP contribution in [-0.2, 0) is 11.2 Å². The second-order valence-corrected chi connectivity index (χ2v) is 9.01. The number of nitrogens with two attached hydrogens (primary N) is 1. The number of aliphatic carboxylic acids is 1. The highest BCUT2D eigenvalue weighted by molar-refractivity contribution is 5.69. The van der Waals surface area contributed by atoms with Crippen molar-refractivity contribution in [3.8, 4) is 11.5 Å². The molecule has 1 atom stereocenters. The van der Waals surface area contributed by atoms with Crippen LogP contribution in [0.25, 0.3) is 0 Å². The first-order chi connectivity index (χ1) is 18.2. The van der Waals surface area contributed by atoms with E-state index < -0.39 is 25.5 Å². The second-order valence-electron chi connectivity index (χ2n) is 9.01. The van der Waals surface area contributed by atoms with E-state index in [-0.39, 0.29) is 31.7 Å². The number of hydrogen-bond donors (Lipinski definition) is 4. The van der Waals surface area contributed by atoms with Crippen molar-refractivity contribution in [2.45, 2.75) is 58.4 Å². The molecule has 0 saturated carbocycles. The van der Waals surface area contributed by atoms with Gasteiger partial charge in [-0.25, -0.2) is 13.8 Å². The topological polar surface area (TPSA) is 143 Å². The summed E-state index contributed by atoms with van der Waals surface area (Å²) >= 11 is 0. The monoisotopic (exact) mass is 539 g/mol. The fourth-order valence-electron chi connectivity index (χ4n) is 4.19. The van der Waals surface area contributed by atoms with E-state index in [0.29, 0.717) is 36.6 Å². The van der Waals surface area contributed by atoms with E-state index in [2.05, 4.69) is 22.2 Å². The summed E-state index contributed by atoms with van der Waals surface area (Å²) in [5.74, 6) is 0.772. The van der Waals surface area contributed by atoms with Crippen molar-refractivity contribution >= 4 is 17.7 Å². The van der Waals surface area contributed by atoms with Crippen molar-refractivity contribution in [1.29, 1.82) is 0 Å². The van der Waals surface area contributed by atoms with Crippen molar-refractivity contribution < 1.29 is 33.3 Å². The molecule has 0 bridgehead atoms. The number of ether oxygens (including phenoxy) is 2. The molecular weight excluding hydrogens is 500 g/mol. The van der Waals surface area contributed by atoms with E-state index in [4.69, 9.17) is 20.3 Å². The van der Waals surface area contributed by atoms with Crippen LogP contribution in [0, 0.1) is 6.92 Å². The summed E-state index contributed by atoms with van der Waals surface area (Å²) < 4.78 is 36.7. The first-order valence-electron chi connectivity index (χ1n) is 12.7. The number of benzene rings is 1. The maximum absolute atomic E-state index is 12.7. The Morgan fingerprint density at radius 3 is 2.66 bits per heavy atom. The van der Waals surface area contributed by atoms with Crippen LogP contribution < -0.4 is 20.5 Å². The lowest BCUT2D eigenvalue weighted by atomic mass is 10.0. The number of nitrogens with zero attached hydrogens (tertiary/aromatic N) is 3. The van der Waals surface area contributed by atoms with Crippen LogP contribution in [0.4, 0.5) is 20.5 Å². The van der Waals surface area contributed by atoms with Crippen molar-refractivity contribution in [1.82, 2.24) is 14.9 Å². The molecule has 38 heavy (non-hydrogen) atoms. The van der Waals surface area contributed by atoms with Gasteiger partial charge in [0, 0.05) is 42.9 Å². The molecule has 212 valence electrons. The number of nitrogen functional groups attached to an aromatic ring is 1. The van der Waals surface area contributed by atoms with Gasteiger partial charge in [-0.05, 0) is 37.8 Å². The largest absolute Gasteiger partial charge is 0.496 e. The zero-order valence-corrected chi connectivity index (χ0v) is 22.3. The molecule has 1 heterocycles. The molecule has 5 N–H and O–H groups in total. The molecule has 0 amide bonds. The normalized spacial score (nSPS) is 12.1. The van der Waals surface area contributed by atoms with Gasteiger partial charge in [0.15, 0.2) is 0 Å². The molecule has 0 aliphatic rings. The van der Waals surface area contributed by atoms with Crippen LogP contribution in [0.2, 0.25) is 0 Å². The standard InChI is InChI=1S/C26H39F2N5O5/c1-4-6-19(9-11-34)31-25-21(17(2)30-26(29)32-25)13-18-7-8-20(14-22(18)37-3)38-12-5-10-33(15-23(27)28)16-24(35)36/h7-8,14,19,23,34H,4-6,9-13,15-16H2,1-3H3,(H,35,36)(H3,29,30,31,32). The lowest BCUT2D eigenvalue weighted by Crippen LogP contribution is -2.35. The molecule has 2 aromatic rings. The maximum Gasteiger partial charge on any atom is 0.317 e. The molecule has 0 fully saturated rings. The smallest absolute Gasteiger partial charge is 0.317 e. The molecule has 0 saturated heterocycles. The van der Waals surface area contributed by atoms with Crippen LogP contribution in [0.15, 0.2) is 18.2 Å². The van der Waals surface area contributed by atoms with Crippen LogP contribution in [0.3, 0.4) is 0 Å². The van der Waals surface area contributed by atoms with E-state index in [1.54, 1.807) is 19.2 Å². The predicted molar refractivity (Wildman–Crippen MR) is 141 cm³/mol. The van der Waals surface area contributed by atoms with Crippen LogP contribution in [0.1, 0.15) is 49.4 Å². The number of aryl methyl sites for hydroxylation is 1. The molecular formula is C26H39F2N5O5. The molecule has 0 aliphatic carbocycles. The quantitative estimate of drug-likeness (QED) is 0.208. The molecule has 10 nitrogen and oxygen atoms in total. The lowest BCUT2D eigenvalue weighted by Gasteiger charge is -2.21. The summed E-state index contributed by atoms with van der Waals surface area (Å²) in [5.41, 5.74) is 8.39. The summed E-state index contributed by atoms with van der Waals surface area (Å²) in [6.45, 7) is 3.36. The van der Waals surface area contributed by atoms with Crippen molar-refractivity contribution in [3.05, 3.63) is 35.0 Å². The average molecular weight is 540 g/mol. The van der Waals surface area contributed by atoms with E-state index in [1.807, 2.05) is 13.0 Å². The van der Waals surface area contributed by atoms with Gasteiger partial charge in [-0.3, -0.25) is 9.69 Å². The van der Waals surface area contributed by atoms with Gasteiger partial charge in [-0.15, -0.1) is 0 Å². The summed E-state index contributed by atoms with van der Waals surface area (Å²) in [6.07, 6.45) is 0.647. The van der Waals surface area contributed by atoms with Crippen LogP contribution in [0.5, 0.6) is 11.5 Å². The number of alkyl halides is 2. The van der Waals surface area contributed by atoms with Gasteiger partial charge in [0.25, 0.3) is 6.43 Å². The number of anilines is 2. The summed E-state index contributed by atoms with van der Waals surface area (Å²) in [4.78, 5) is 20.8. The third-order valence-corrected chi connectivity index (χ3v) is 5.95. The van der Waals surface area contributed by atoms with Gasteiger partial charge in [-0.2, -0.15) is 4.98 Å². The zero-order valence-electron chi connectivity index (χ0n) is 22.3. The van der Waals surface area contributed by atoms with Gasteiger partial charge in [0.05, 0.1) is 26.8 Å². The number of aromatic nitrogens is 2. The molecule has 2 rings (SSSR count). The number of carbonyl (C=O) groups is 1. The molecule has 1 unspecified atom stereocenters. The van der Waals surface area contributed by atoms with Crippen molar-refractivity contribution in [3.63, 3.8) is 0 Å². The van der Waals surface area contributed by atoms with E-state index in [0.717, 1.165) is 29.7 Å². The number of carboxylic acid groups (broad SMARTS) is 1. The highest BCUT2D eigenvalue weighted by Crippen LogP contribution is 2.30. The summed E-state index contributed by atoms with van der Waals surface area (Å²) in [6, 6.07) is 5.45. The number of carboxylic acids is 1. The van der Waals surface area contributed by atoms with Crippen LogP contribution >= 0.6 is 0 Å². The SMILES string of the molecule is CCCC(CCO)Nc1nc(N)nc(C)c1Cc1ccc(OCCCN(CC(=O)O)CC(F)F)cc1OC. The van der Waals surface area contributed by atoms with Gasteiger partial charge >= 0.3 is 5.97 Å². The van der Waals surface area contributed by atoms with Gasteiger partial charge < -0.3 is 30.7 Å². The Morgan fingerprint density at radius 1 is 1.26 bits per heavy atom. The molecule has 1 aromatic heterocycles. The number of nitrogens with one attached hydrogen (secondary N) is 1. The van der Waals surface area contributed by atoms with Gasteiger partial charge in [0.1, 0.15) is 17.3 Å². The molecule has 0 radical (unpaired) electrons. The molecule has 0 spiro atoms. The molecule has 1 aromatic carbocycles. The first-order valence-corrected chi connectivity index (χ1v) is 12.7. The number of methoxy groups -OCH3 is 1. The second kappa shape index (κ2) is 15.9. The Balaban J connectivity index is 2.12. The predicted octanol–water partition coefficient (Wildman–Crippen LogP) is 3.35. The third-order valence-electron chi connectivity index (χ3n) is 5.95. The van der Waals surface area contributed by atoms with E-state index in [1.165, 1.54) is 4.90 Å². The number of aliphatic hydroxyl groups is 1. The molecule has 12 heteroatoms. The maximum atomic E-state index is 12.7. The van der Waals surface area contributed by atoms with Crippen LogP contribution in [-0.4, -0.2) is 83.5 Å². The third kappa shape index (κ3) is 10.3. The minimum absolute atomic E-state index is 0.0437. The number of aliphatic hydroxyl groups excluding tert-OH is 1. The van der Waals surface area contributed by atoms with E-state index in [9.17, 15) is 18.7 Å². The average Bonchev–Trinajstić information content (AvgIpc) is 2.84. The minimum Gasteiger partial charge on any atom is -0.496 e. The highest BCUT2D eigenvalue weighted by atomic mass is 19.3. The van der Waals surface area contributed by atoms with Crippen molar-refractivity contribution in [2.24, 2.45) is 0 Å². The van der Waals surface area contributed by atoms with E-state index >= 15 is 0 Å². The van der Waals surface area contributed by atoms with Crippen molar-refractivity contribution in [2.75, 3.05) is 51.0 Å². The zero-order chi connectivity index (χ0) is 28.1. The highest BCUT2D eigenvalue weighted by Gasteiger charge is 2.18. The molecule has 0 aliphatic heterocycles. The Hall–Kier alpha value is -3.25. The Labute approximate surface area is 222 Å². The lowest BCUT2D eigenvalue weighted by molar-refractivity contribution is -0.138. The number of hydrogen-bond acceptors (Lipinski definition) is 9. The summed E-state index contributed by atoms with van der Waals surface area (Å²) in [7, 11) is 1.56. The first kappa shape index (κ1) is 31.0. The minimum atomic E-state index is -2.61. The summed E-state index contributed by atoms with van der Waals surface area (Å²) in [5, 5.41) is 21.8. The fraction of sp³-hybridized carbons (Fsp3) is 0.577. The van der Waals surface area contributed by atoms with Gasteiger partial charge in [-0.1, -0.05) is 19.4 Å². The van der Waals surface area contributed by atoms with Gasteiger partial charge in [0.2, 0.25) is 5.95 Å². The fourth-order valence-corrected chi connectivity index (χ4v) is 4.19. The Morgan fingerprint density at radius 2 is 2.03 bits per heavy atom. The Kier molecular flexibility index (Phi) is 12.9. The number of halogens is 2. The Bertz CT molecular complexity index is 1020.